The zero-order valence-electron chi connectivity index (χ0n) is 14.9. The molecule has 3 aromatic rings. The minimum atomic E-state index is -0.562. The summed E-state index contributed by atoms with van der Waals surface area (Å²) in [5.74, 6) is 0.943. The fourth-order valence-electron chi connectivity index (χ4n) is 3.64. The summed E-state index contributed by atoms with van der Waals surface area (Å²) in [6.45, 7) is 0.633. The van der Waals surface area contributed by atoms with Crippen LogP contribution in [0.5, 0.6) is 0 Å². The predicted molar refractivity (Wildman–Crippen MR) is 107 cm³/mol. The minimum absolute atomic E-state index is 0.562. The highest BCUT2D eigenvalue weighted by atomic mass is 16.5. The van der Waals surface area contributed by atoms with Crippen molar-refractivity contribution in [2.75, 3.05) is 19.0 Å². The van der Waals surface area contributed by atoms with E-state index in [9.17, 15) is 0 Å². The molecule has 0 spiro atoms. The molecule has 1 heterocycles. The van der Waals surface area contributed by atoms with Gasteiger partial charge in [0.1, 0.15) is 11.4 Å². The van der Waals surface area contributed by atoms with E-state index in [1.54, 1.807) is 7.11 Å². The molecule has 0 aliphatic carbocycles. The Morgan fingerprint density at radius 1 is 0.808 bits per heavy atom. The van der Waals surface area contributed by atoms with Gasteiger partial charge in [0.05, 0.1) is 6.61 Å². The fraction of sp³-hybridized carbons (Fsp3) is 0.174. The van der Waals surface area contributed by atoms with Crippen LogP contribution in [0.4, 0.5) is 5.69 Å². The van der Waals surface area contributed by atoms with Crippen molar-refractivity contribution >= 4 is 11.5 Å². The number of ether oxygens (including phenoxy) is 1. The molecule has 1 N–H and O–H groups in total. The van der Waals surface area contributed by atoms with Crippen LogP contribution in [-0.4, -0.2) is 19.6 Å². The summed E-state index contributed by atoms with van der Waals surface area (Å²) >= 11 is 0. The molecule has 26 heavy (non-hydrogen) atoms. The number of hydrogen-bond acceptors (Lipinski definition) is 3. The van der Waals surface area contributed by atoms with Crippen molar-refractivity contribution in [1.82, 2.24) is 0 Å². The van der Waals surface area contributed by atoms with Gasteiger partial charge in [-0.05, 0) is 17.2 Å². The summed E-state index contributed by atoms with van der Waals surface area (Å²) in [5.41, 5.74) is 4.03. The summed E-state index contributed by atoms with van der Waals surface area (Å²) in [4.78, 5) is 5.26. The van der Waals surface area contributed by atoms with Gasteiger partial charge >= 0.3 is 0 Å². The zero-order valence-corrected chi connectivity index (χ0v) is 14.9. The first-order chi connectivity index (χ1) is 12.8. The van der Waals surface area contributed by atoms with Crippen molar-refractivity contribution in [1.29, 1.82) is 0 Å². The Hall–Kier alpha value is -2.91. The van der Waals surface area contributed by atoms with Gasteiger partial charge in [0, 0.05) is 24.8 Å². The third kappa shape index (κ3) is 2.80. The summed E-state index contributed by atoms with van der Waals surface area (Å²) in [6.07, 6.45) is 0.742. The average Bonchev–Trinajstić information content (AvgIpc) is 2.73. The van der Waals surface area contributed by atoms with E-state index in [4.69, 9.17) is 9.73 Å². The van der Waals surface area contributed by atoms with Crippen LogP contribution in [0.15, 0.2) is 89.9 Å². The number of methoxy groups -OCH3 is 1. The van der Waals surface area contributed by atoms with Crippen LogP contribution in [-0.2, 0) is 10.3 Å². The minimum Gasteiger partial charge on any atom is -0.384 e. The van der Waals surface area contributed by atoms with E-state index >= 15 is 0 Å². The van der Waals surface area contributed by atoms with Gasteiger partial charge in [-0.25, -0.2) is 0 Å². The van der Waals surface area contributed by atoms with E-state index in [2.05, 4.69) is 78.1 Å². The maximum absolute atomic E-state index is 5.29. The van der Waals surface area contributed by atoms with Crippen molar-refractivity contribution in [3.63, 3.8) is 0 Å². The number of para-hydroxylation sites is 1. The molecule has 3 heteroatoms. The Kier molecular flexibility index (Phi) is 4.55. The first kappa shape index (κ1) is 16.6. The number of nitrogens with one attached hydrogen (secondary N) is 1. The van der Waals surface area contributed by atoms with E-state index in [1.165, 1.54) is 5.56 Å². The Labute approximate surface area is 154 Å². The second-order valence-corrected chi connectivity index (χ2v) is 6.41. The predicted octanol–water partition coefficient (Wildman–Crippen LogP) is 4.84. The third-order valence-corrected chi connectivity index (χ3v) is 4.82. The lowest BCUT2D eigenvalue weighted by Gasteiger charge is -2.38. The lowest BCUT2D eigenvalue weighted by molar-refractivity contribution is 0.207. The van der Waals surface area contributed by atoms with Crippen LogP contribution < -0.4 is 5.32 Å². The lowest BCUT2D eigenvalue weighted by atomic mass is 9.76. The molecule has 0 amide bonds. The molecule has 0 saturated carbocycles. The van der Waals surface area contributed by atoms with Crippen molar-refractivity contribution < 1.29 is 4.74 Å². The standard InChI is InChI=1S/C23H22N2O/c1-26-17-16-22-24-21-15-9-8-14-20(21)23(25-22,18-10-4-2-5-11-18)19-12-6-3-7-13-19/h2-15H,16-17H2,1H3,(H,24,25). The monoisotopic (exact) mass is 342 g/mol. The third-order valence-electron chi connectivity index (χ3n) is 4.82. The molecule has 0 aromatic heterocycles. The highest BCUT2D eigenvalue weighted by molar-refractivity contribution is 5.99. The SMILES string of the molecule is COCCC1=NC(c2ccccc2)(c2ccccc2)c2ccccc2N1. The number of rotatable bonds is 5. The van der Waals surface area contributed by atoms with Gasteiger partial charge in [-0.2, -0.15) is 0 Å². The second kappa shape index (κ2) is 7.14. The topological polar surface area (TPSA) is 33.6 Å². The fourth-order valence-corrected chi connectivity index (χ4v) is 3.64. The molecule has 0 saturated heterocycles. The quantitative estimate of drug-likeness (QED) is 0.720. The van der Waals surface area contributed by atoms with E-state index < -0.39 is 5.54 Å². The molecule has 0 radical (unpaired) electrons. The summed E-state index contributed by atoms with van der Waals surface area (Å²) < 4.78 is 5.29. The van der Waals surface area contributed by atoms with Crippen LogP contribution in [0.3, 0.4) is 0 Å². The van der Waals surface area contributed by atoms with Gasteiger partial charge in [0.15, 0.2) is 0 Å². The number of amidine groups is 1. The molecule has 0 atom stereocenters. The van der Waals surface area contributed by atoms with Crippen molar-refractivity contribution in [2.45, 2.75) is 12.0 Å². The first-order valence-corrected chi connectivity index (χ1v) is 8.90. The molecule has 4 rings (SSSR count). The van der Waals surface area contributed by atoms with Crippen LogP contribution in [0.2, 0.25) is 0 Å². The number of benzene rings is 3. The van der Waals surface area contributed by atoms with Gasteiger partial charge in [-0.1, -0.05) is 78.9 Å². The lowest BCUT2D eigenvalue weighted by Crippen LogP contribution is -2.35. The number of nitrogens with zero attached hydrogens (tertiary/aromatic N) is 1. The Bertz CT molecular complexity index is 864. The molecule has 130 valence electrons. The van der Waals surface area contributed by atoms with Gasteiger partial charge in [0.2, 0.25) is 0 Å². The molecule has 0 fully saturated rings. The van der Waals surface area contributed by atoms with Crippen LogP contribution >= 0.6 is 0 Å². The van der Waals surface area contributed by atoms with Crippen molar-refractivity contribution in [3.8, 4) is 0 Å². The highest BCUT2D eigenvalue weighted by Crippen LogP contribution is 2.45. The van der Waals surface area contributed by atoms with Crippen molar-refractivity contribution in [2.24, 2.45) is 4.99 Å². The Balaban J connectivity index is 2.01. The summed E-state index contributed by atoms with van der Waals surface area (Å²) in [5, 5.41) is 3.50. The molecule has 1 aliphatic heterocycles. The Morgan fingerprint density at radius 2 is 1.38 bits per heavy atom. The van der Waals surface area contributed by atoms with Crippen LogP contribution in [0.25, 0.3) is 0 Å². The normalized spacial score (nSPS) is 14.9. The molecule has 3 nitrogen and oxygen atoms in total. The highest BCUT2D eigenvalue weighted by Gasteiger charge is 2.40. The smallest absolute Gasteiger partial charge is 0.140 e. The molecular formula is C23H22N2O. The number of fused-ring (bicyclic) bond motifs is 1. The molecule has 1 aliphatic rings. The molecular weight excluding hydrogens is 320 g/mol. The number of anilines is 1. The van der Waals surface area contributed by atoms with E-state index in [1.807, 2.05) is 12.1 Å². The number of hydrogen-bond donors (Lipinski definition) is 1. The maximum Gasteiger partial charge on any atom is 0.140 e. The maximum atomic E-state index is 5.29. The van der Waals surface area contributed by atoms with Crippen molar-refractivity contribution in [3.05, 3.63) is 102 Å². The second-order valence-electron chi connectivity index (χ2n) is 6.41. The number of aliphatic imine (C=N–C) groups is 1. The van der Waals surface area contributed by atoms with Gasteiger partial charge < -0.3 is 10.1 Å². The van der Waals surface area contributed by atoms with Crippen LogP contribution in [0.1, 0.15) is 23.1 Å². The molecule has 3 aromatic carbocycles. The van der Waals surface area contributed by atoms with Crippen LogP contribution in [0, 0.1) is 0 Å². The van der Waals surface area contributed by atoms with E-state index in [0.717, 1.165) is 29.1 Å². The first-order valence-electron chi connectivity index (χ1n) is 8.90. The Morgan fingerprint density at radius 3 is 2.00 bits per heavy atom. The van der Waals surface area contributed by atoms with Gasteiger partial charge in [0.25, 0.3) is 0 Å². The van der Waals surface area contributed by atoms with Gasteiger partial charge in [-0.15, -0.1) is 0 Å². The largest absolute Gasteiger partial charge is 0.384 e. The average molecular weight is 342 g/mol. The molecule has 0 bridgehead atoms. The van der Waals surface area contributed by atoms with Gasteiger partial charge in [-0.3, -0.25) is 4.99 Å². The summed E-state index contributed by atoms with van der Waals surface area (Å²) in [7, 11) is 1.72. The molecule has 0 unspecified atom stereocenters. The zero-order chi connectivity index (χ0) is 17.8. The van der Waals surface area contributed by atoms with E-state index in [0.29, 0.717) is 6.61 Å². The van der Waals surface area contributed by atoms with E-state index in [-0.39, 0.29) is 0 Å². The summed E-state index contributed by atoms with van der Waals surface area (Å²) in [6, 6.07) is 29.5.